The van der Waals surface area contributed by atoms with Gasteiger partial charge in [-0.25, -0.2) is 4.79 Å². The molecule has 22 heavy (non-hydrogen) atoms. The number of benzene rings is 1. The number of urea groups is 1. The first kappa shape index (κ1) is 16.3. The van der Waals surface area contributed by atoms with Gasteiger partial charge < -0.3 is 20.1 Å². The minimum Gasteiger partial charge on any atom is -0.494 e. The molecule has 2 aromatic rings. The Morgan fingerprint density at radius 2 is 2.05 bits per heavy atom. The Kier molecular flexibility index (Phi) is 6.24. The summed E-state index contributed by atoms with van der Waals surface area (Å²) in [5.74, 6) is 0.783. The van der Waals surface area contributed by atoms with Crippen molar-refractivity contribution in [3.63, 3.8) is 0 Å². The molecule has 0 saturated carbocycles. The summed E-state index contributed by atoms with van der Waals surface area (Å²) in [6.07, 6.45) is -0.141. The summed E-state index contributed by atoms with van der Waals surface area (Å²) in [7, 11) is 1.63. The molecule has 0 bridgehead atoms. The smallest absolute Gasteiger partial charge is 0.319 e. The van der Waals surface area contributed by atoms with Gasteiger partial charge in [0, 0.05) is 19.3 Å². The fourth-order valence-corrected chi connectivity index (χ4v) is 2.66. The van der Waals surface area contributed by atoms with Crippen molar-refractivity contribution >= 4 is 23.1 Å². The van der Waals surface area contributed by atoms with Gasteiger partial charge in [0.15, 0.2) is 0 Å². The van der Waals surface area contributed by atoms with Gasteiger partial charge in [0.25, 0.3) is 0 Å². The Hall–Kier alpha value is -2.05. The topological polar surface area (TPSA) is 59.6 Å². The summed E-state index contributed by atoms with van der Waals surface area (Å²) >= 11 is 1.61. The highest BCUT2D eigenvalue weighted by Crippen LogP contribution is 2.19. The molecule has 2 N–H and O–H groups in total. The van der Waals surface area contributed by atoms with Crippen LogP contribution in [0.2, 0.25) is 0 Å². The van der Waals surface area contributed by atoms with Crippen molar-refractivity contribution in [1.29, 1.82) is 0 Å². The van der Waals surface area contributed by atoms with Gasteiger partial charge in [-0.05, 0) is 53.6 Å². The lowest BCUT2D eigenvalue weighted by Crippen LogP contribution is -2.32. The van der Waals surface area contributed by atoms with E-state index in [-0.39, 0.29) is 12.1 Å². The normalized spacial score (nSPS) is 11.7. The van der Waals surface area contributed by atoms with Gasteiger partial charge in [-0.3, -0.25) is 0 Å². The number of anilines is 1. The van der Waals surface area contributed by atoms with Gasteiger partial charge in [0.1, 0.15) is 11.9 Å². The van der Waals surface area contributed by atoms with Crippen LogP contribution in [0.15, 0.2) is 41.1 Å². The highest BCUT2D eigenvalue weighted by Gasteiger charge is 2.12. The fourth-order valence-electron chi connectivity index (χ4n) is 1.96. The second-order valence-corrected chi connectivity index (χ2v) is 5.35. The highest BCUT2D eigenvalue weighted by atomic mass is 32.1. The summed E-state index contributed by atoms with van der Waals surface area (Å²) < 4.78 is 10.7. The maximum atomic E-state index is 11.9. The van der Waals surface area contributed by atoms with Crippen LogP contribution in [0, 0.1) is 0 Å². The summed E-state index contributed by atoms with van der Waals surface area (Å²) in [5.41, 5.74) is 1.78. The van der Waals surface area contributed by atoms with Crippen molar-refractivity contribution in [2.24, 2.45) is 0 Å². The van der Waals surface area contributed by atoms with Crippen molar-refractivity contribution in [3.8, 4) is 5.75 Å². The largest absolute Gasteiger partial charge is 0.494 e. The first-order chi connectivity index (χ1) is 10.7. The van der Waals surface area contributed by atoms with Crippen LogP contribution in [0.3, 0.4) is 0 Å². The number of hydrogen-bond acceptors (Lipinski definition) is 4. The molecule has 5 nitrogen and oxygen atoms in total. The number of amides is 2. The van der Waals surface area contributed by atoms with E-state index >= 15 is 0 Å². The molecule has 0 spiro atoms. The molecule has 0 saturated heterocycles. The van der Waals surface area contributed by atoms with E-state index in [1.54, 1.807) is 30.6 Å². The average Bonchev–Trinajstić information content (AvgIpc) is 3.04. The maximum Gasteiger partial charge on any atom is 0.319 e. The van der Waals surface area contributed by atoms with E-state index in [4.69, 9.17) is 9.47 Å². The number of ether oxygens (including phenoxy) is 2. The van der Waals surface area contributed by atoms with Crippen molar-refractivity contribution < 1.29 is 14.3 Å². The second kappa shape index (κ2) is 8.41. The quantitative estimate of drug-likeness (QED) is 0.818. The molecule has 0 aliphatic carbocycles. The van der Waals surface area contributed by atoms with Crippen molar-refractivity contribution in [2.45, 2.75) is 13.0 Å². The number of methoxy groups -OCH3 is 1. The zero-order chi connectivity index (χ0) is 15.8. The zero-order valence-electron chi connectivity index (χ0n) is 12.7. The SMILES string of the molecule is CCOc1ccc(NC(=O)NCC(OC)c2ccsc2)cc1. The van der Waals surface area contributed by atoms with Crippen molar-refractivity contribution in [2.75, 3.05) is 25.6 Å². The van der Waals surface area contributed by atoms with Crippen LogP contribution in [0.1, 0.15) is 18.6 Å². The van der Waals surface area contributed by atoms with Gasteiger partial charge >= 0.3 is 6.03 Å². The minimum atomic E-state index is -0.263. The highest BCUT2D eigenvalue weighted by molar-refractivity contribution is 7.07. The number of nitrogens with one attached hydrogen (secondary N) is 2. The molecular weight excluding hydrogens is 300 g/mol. The molecule has 2 amide bonds. The molecule has 1 unspecified atom stereocenters. The van der Waals surface area contributed by atoms with Crippen LogP contribution >= 0.6 is 11.3 Å². The Morgan fingerprint density at radius 1 is 1.27 bits per heavy atom. The Morgan fingerprint density at radius 3 is 2.64 bits per heavy atom. The predicted octanol–water partition coefficient (Wildman–Crippen LogP) is 3.66. The molecule has 0 aliphatic heterocycles. The molecule has 0 radical (unpaired) electrons. The molecule has 1 aromatic carbocycles. The van der Waals surface area contributed by atoms with Gasteiger partial charge in [-0.15, -0.1) is 0 Å². The lowest BCUT2D eigenvalue weighted by molar-refractivity contribution is 0.105. The molecule has 2 rings (SSSR count). The Balaban J connectivity index is 1.82. The molecule has 118 valence electrons. The average molecular weight is 320 g/mol. The molecule has 1 atom stereocenters. The van der Waals surface area contributed by atoms with Crippen LogP contribution in [0.5, 0.6) is 5.75 Å². The van der Waals surface area contributed by atoms with E-state index in [0.717, 1.165) is 11.3 Å². The lowest BCUT2D eigenvalue weighted by atomic mass is 10.2. The molecule has 0 aliphatic rings. The third-order valence-corrected chi connectivity index (χ3v) is 3.77. The number of rotatable bonds is 7. The standard InChI is InChI=1S/C16H20N2O3S/c1-3-21-14-6-4-13(5-7-14)18-16(19)17-10-15(20-2)12-8-9-22-11-12/h4-9,11,15H,3,10H2,1-2H3,(H2,17,18,19). The van der Waals surface area contributed by atoms with Crippen molar-refractivity contribution in [3.05, 3.63) is 46.7 Å². The Labute approximate surface area is 134 Å². The van der Waals surface area contributed by atoms with Crippen LogP contribution < -0.4 is 15.4 Å². The number of thiophene rings is 1. The van der Waals surface area contributed by atoms with Gasteiger partial charge in [0.05, 0.1) is 6.61 Å². The minimum absolute atomic E-state index is 0.141. The summed E-state index contributed by atoms with van der Waals surface area (Å²) in [6.45, 7) is 2.96. The van der Waals surface area contributed by atoms with Gasteiger partial charge in [-0.1, -0.05) is 0 Å². The molecular formula is C16H20N2O3S. The molecule has 1 heterocycles. The van der Waals surface area contributed by atoms with E-state index < -0.39 is 0 Å². The number of carbonyl (C=O) groups excluding carboxylic acids is 1. The Bertz CT molecular complexity index is 570. The van der Waals surface area contributed by atoms with E-state index in [9.17, 15) is 4.79 Å². The fraction of sp³-hybridized carbons (Fsp3) is 0.312. The summed E-state index contributed by atoms with van der Waals surface area (Å²) in [5, 5.41) is 9.59. The predicted molar refractivity (Wildman–Crippen MR) is 88.7 cm³/mol. The molecule has 1 aromatic heterocycles. The maximum absolute atomic E-state index is 11.9. The third kappa shape index (κ3) is 4.75. The zero-order valence-corrected chi connectivity index (χ0v) is 13.5. The first-order valence-electron chi connectivity index (χ1n) is 7.05. The van der Waals surface area contributed by atoms with E-state index in [2.05, 4.69) is 10.6 Å². The number of hydrogen-bond donors (Lipinski definition) is 2. The van der Waals surface area contributed by atoms with E-state index in [0.29, 0.717) is 18.8 Å². The monoisotopic (exact) mass is 320 g/mol. The summed E-state index contributed by atoms with van der Waals surface area (Å²) in [4.78, 5) is 11.9. The van der Waals surface area contributed by atoms with Crippen LogP contribution in [0.4, 0.5) is 10.5 Å². The van der Waals surface area contributed by atoms with E-state index in [1.807, 2.05) is 35.9 Å². The van der Waals surface area contributed by atoms with Crippen LogP contribution in [0.25, 0.3) is 0 Å². The number of carbonyl (C=O) groups is 1. The van der Waals surface area contributed by atoms with Crippen molar-refractivity contribution in [1.82, 2.24) is 5.32 Å². The van der Waals surface area contributed by atoms with Gasteiger partial charge in [-0.2, -0.15) is 11.3 Å². The first-order valence-corrected chi connectivity index (χ1v) is 7.99. The summed E-state index contributed by atoms with van der Waals surface area (Å²) in [6, 6.07) is 8.98. The molecule has 6 heteroatoms. The van der Waals surface area contributed by atoms with Gasteiger partial charge in [0.2, 0.25) is 0 Å². The van der Waals surface area contributed by atoms with Crippen LogP contribution in [-0.2, 0) is 4.74 Å². The van der Waals surface area contributed by atoms with Crippen LogP contribution in [-0.4, -0.2) is 26.3 Å². The third-order valence-electron chi connectivity index (χ3n) is 3.07. The lowest BCUT2D eigenvalue weighted by Gasteiger charge is -2.15. The van der Waals surface area contributed by atoms with E-state index in [1.165, 1.54) is 0 Å². The second-order valence-electron chi connectivity index (χ2n) is 4.57. The molecule has 0 fully saturated rings.